The van der Waals surface area contributed by atoms with Crippen LogP contribution in [0.15, 0.2) is 75.2 Å². The number of benzene rings is 2. The Hall–Kier alpha value is -3.32. The maximum atomic E-state index is 13.2. The van der Waals surface area contributed by atoms with E-state index in [0.717, 1.165) is 16.8 Å². The van der Waals surface area contributed by atoms with Crippen molar-refractivity contribution in [2.45, 2.75) is 37.7 Å². The van der Waals surface area contributed by atoms with Crippen molar-refractivity contribution in [2.75, 3.05) is 5.32 Å². The lowest BCUT2D eigenvalue weighted by atomic mass is 10.1. The van der Waals surface area contributed by atoms with Crippen molar-refractivity contribution in [3.63, 3.8) is 0 Å². The van der Waals surface area contributed by atoms with Gasteiger partial charge in [-0.2, -0.15) is 0 Å². The molecule has 2 aromatic carbocycles. The number of nitrogens with one attached hydrogen (secondary N) is 1. The highest BCUT2D eigenvalue weighted by Crippen LogP contribution is 2.26. The van der Waals surface area contributed by atoms with E-state index in [0.29, 0.717) is 21.8 Å². The van der Waals surface area contributed by atoms with Crippen LogP contribution in [-0.2, 0) is 11.3 Å². The monoisotopic (exact) mass is 433 g/mol. The Morgan fingerprint density at radius 3 is 2.55 bits per heavy atom. The van der Waals surface area contributed by atoms with E-state index in [1.807, 2.05) is 57.2 Å². The summed E-state index contributed by atoms with van der Waals surface area (Å²) >= 11 is 1.26. The number of hydrogen-bond acceptors (Lipinski definition) is 5. The largest absolute Gasteiger partial charge is 0.467 e. The van der Waals surface area contributed by atoms with Gasteiger partial charge in [0.25, 0.3) is 5.56 Å². The third kappa shape index (κ3) is 4.41. The van der Waals surface area contributed by atoms with E-state index < -0.39 is 5.25 Å². The van der Waals surface area contributed by atoms with Crippen molar-refractivity contribution in [3.05, 3.63) is 88.1 Å². The standard InChI is InChI=1S/C24H23N3O3S/c1-15-8-6-9-16(2)21(15)26-22(28)17(3)31-24-25-20-12-5-4-11-19(20)23(29)27(24)14-18-10-7-13-30-18/h4-13,17H,14H2,1-3H3,(H,26,28). The molecule has 0 spiro atoms. The van der Waals surface area contributed by atoms with Gasteiger partial charge in [-0.25, -0.2) is 4.98 Å². The molecule has 1 unspecified atom stereocenters. The van der Waals surface area contributed by atoms with Gasteiger partial charge in [0, 0.05) is 5.69 Å². The van der Waals surface area contributed by atoms with Gasteiger partial charge in [0.05, 0.1) is 29.0 Å². The van der Waals surface area contributed by atoms with Gasteiger partial charge in [0.2, 0.25) is 5.91 Å². The van der Waals surface area contributed by atoms with Crippen LogP contribution in [0.25, 0.3) is 10.9 Å². The smallest absolute Gasteiger partial charge is 0.262 e. The first-order valence-electron chi connectivity index (χ1n) is 9.99. The second kappa shape index (κ2) is 8.81. The number of para-hydroxylation sites is 2. The molecule has 2 aromatic heterocycles. The van der Waals surface area contributed by atoms with E-state index in [-0.39, 0.29) is 18.0 Å². The average molecular weight is 434 g/mol. The molecule has 0 radical (unpaired) electrons. The summed E-state index contributed by atoms with van der Waals surface area (Å²) in [7, 11) is 0. The second-order valence-electron chi connectivity index (χ2n) is 7.40. The number of carbonyl (C=O) groups excluding carboxylic acids is 1. The third-order valence-corrected chi connectivity index (χ3v) is 6.19. The Kier molecular flexibility index (Phi) is 5.95. The van der Waals surface area contributed by atoms with Crippen molar-refractivity contribution in [3.8, 4) is 0 Å². The Morgan fingerprint density at radius 2 is 1.84 bits per heavy atom. The Bertz CT molecular complexity index is 1280. The van der Waals surface area contributed by atoms with Gasteiger partial charge in [-0.1, -0.05) is 42.1 Å². The van der Waals surface area contributed by atoms with Crippen LogP contribution >= 0.6 is 11.8 Å². The van der Waals surface area contributed by atoms with Gasteiger partial charge in [-0.05, 0) is 56.2 Å². The summed E-state index contributed by atoms with van der Waals surface area (Å²) in [4.78, 5) is 30.8. The summed E-state index contributed by atoms with van der Waals surface area (Å²) in [5.74, 6) is 0.503. The van der Waals surface area contributed by atoms with Gasteiger partial charge >= 0.3 is 0 Å². The van der Waals surface area contributed by atoms with Crippen LogP contribution in [0, 0.1) is 13.8 Å². The van der Waals surface area contributed by atoms with Crippen molar-refractivity contribution in [2.24, 2.45) is 0 Å². The number of anilines is 1. The Balaban J connectivity index is 1.66. The molecule has 0 saturated carbocycles. The maximum Gasteiger partial charge on any atom is 0.262 e. The molecule has 1 amide bonds. The van der Waals surface area contributed by atoms with E-state index >= 15 is 0 Å². The topological polar surface area (TPSA) is 77.1 Å². The van der Waals surface area contributed by atoms with E-state index in [9.17, 15) is 9.59 Å². The minimum Gasteiger partial charge on any atom is -0.467 e. The molecule has 6 nitrogen and oxygen atoms in total. The summed E-state index contributed by atoms with van der Waals surface area (Å²) in [6.07, 6.45) is 1.57. The highest BCUT2D eigenvalue weighted by molar-refractivity contribution is 8.00. The second-order valence-corrected chi connectivity index (χ2v) is 8.71. The number of rotatable bonds is 6. The normalized spacial score (nSPS) is 12.1. The van der Waals surface area contributed by atoms with Crippen LogP contribution in [0.3, 0.4) is 0 Å². The van der Waals surface area contributed by atoms with Crippen molar-refractivity contribution in [1.82, 2.24) is 9.55 Å². The van der Waals surface area contributed by atoms with Crippen molar-refractivity contribution < 1.29 is 9.21 Å². The number of furan rings is 1. The molecular formula is C24H23N3O3S. The minimum atomic E-state index is -0.463. The zero-order valence-electron chi connectivity index (χ0n) is 17.6. The van der Waals surface area contributed by atoms with Crippen LogP contribution in [0.2, 0.25) is 0 Å². The SMILES string of the molecule is Cc1cccc(C)c1NC(=O)C(C)Sc1nc2ccccc2c(=O)n1Cc1ccco1. The number of aromatic nitrogens is 2. The molecule has 31 heavy (non-hydrogen) atoms. The van der Waals surface area contributed by atoms with Crippen LogP contribution < -0.4 is 10.9 Å². The van der Waals surface area contributed by atoms with E-state index in [2.05, 4.69) is 10.3 Å². The van der Waals surface area contributed by atoms with E-state index in [4.69, 9.17) is 4.42 Å². The summed E-state index contributed by atoms with van der Waals surface area (Å²) in [6.45, 7) is 5.99. The number of aryl methyl sites for hydroxylation is 2. The van der Waals surface area contributed by atoms with Crippen LogP contribution in [0.1, 0.15) is 23.8 Å². The highest BCUT2D eigenvalue weighted by Gasteiger charge is 2.21. The number of fused-ring (bicyclic) bond motifs is 1. The maximum absolute atomic E-state index is 13.2. The van der Waals surface area contributed by atoms with Crippen LogP contribution in [0.4, 0.5) is 5.69 Å². The average Bonchev–Trinajstić information content (AvgIpc) is 3.27. The van der Waals surface area contributed by atoms with Crippen LogP contribution in [-0.4, -0.2) is 20.7 Å². The molecule has 0 fully saturated rings. The van der Waals surface area contributed by atoms with E-state index in [1.165, 1.54) is 11.8 Å². The quantitative estimate of drug-likeness (QED) is 0.350. The number of carbonyl (C=O) groups is 1. The molecule has 0 aliphatic rings. The lowest BCUT2D eigenvalue weighted by Crippen LogP contribution is -2.27. The van der Waals surface area contributed by atoms with Gasteiger partial charge < -0.3 is 9.73 Å². The number of hydrogen-bond donors (Lipinski definition) is 1. The molecule has 0 aliphatic carbocycles. The fraction of sp³-hybridized carbons (Fsp3) is 0.208. The molecule has 0 aliphatic heterocycles. The minimum absolute atomic E-state index is 0.144. The van der Waals surface area contributed by atoms with Gasteiger partial charge in [-0.3, -0.25) is 14.2 Å². The first-order chi connectivity index (χ1) is 14.9. The van der Waals surface area contributed by atoms with Crippen molar-refractivity contribution in [1.29, 1.82) is 0 Å². The van der Waals surface area contributed by atoms with Crippen molar-refractivity contribution >= 4 is 34.3 Å². The first-order valence-corrected chi connectivity index (χ1v) is 10.9. The summed E-state index contributed by atoms with van der Waals surface area (Å²) in [5.41, 5.74) is 3.27. The van der Waals surface area contributed by atoms with Gasteiger partial charge in [0.1, 0.15) is 5.76 Å². The Labute approximate surface area is 184 Å². The summed E-state index contributed by atoms with van der Waals surface area (Å²) < 4.78 is 7.01. The number of nitrogens with zero attached hydrogens (tertiary/aromatic N) is 2. The summed E-state index contributed by atoms with van der Waals surface area (Å²) in [5, 5.41) is 3.57. The molecule has 4 rings (SSSR count). The molecule has 4 aromatic rings. The zero-order chi connectivity index (χ0) is 22.0. The first kappa shape index (κ1) is 20.9. The zero-order valence-corrected chi connectivity index (χ0v) is 18.4. The fourth-order valence-electron chi connectivity index (χ4n) is 3.38. The summed E-state index contributed by atoms with van der Waals surface area (Å²) in [6, 6.07) is 16.7. The molecule has 1 N–H and O–H groups in total. The number of amides is 1. The van der Waals surface area contributed by atoms with Crippen LogP contribution in [0.5, 0.6) is 0 Å². The lowest BCUT2D eigenvalue weighted by Gasteiger charge is -2.17. The van der Waals surface area contributed by atoms with E-state index in [1.54, 1.807) is 29.0 Å². The predicted octanol–water partition coefficient (Wildman–Crippen LogP) is 4.77. The molecule has 0 bridgehead atoms. The van der Waals surface area contributed by atoms with Gasteiger partial charge in [0.15, 0.2) is 5.16 Å². The third-order valence-electron chi connectivity index (χ3n) is 5.10. The molecular weight excluding hydrogens is 410 g/mol. The highest BCUT2D eigenvalue weighted by atomic mass is 32.2. The van der Waals surface area contributed by atoms with Gasteiger partial charge in [-0.15, -0.1) is 0 Å². The fourth-order valence-corrected chi connectivity index (χ4v) is 4.29. The molecule has 1 atom stereocenters. The molecule has 2 heterocycles. The molecule has 158 valence electrons. The molecule has 7 heteroatoms. The molecule has 0 saturated heterocycles. The Morgan fingerprint density at radius 1 is 1.10 bits per heavy atom. The predicted molar refractivity (Wildman–Crippen MR) is 124 cm³/mol. The lowest BCUT2D eigenvalue weighted by molar-refractivity contribution is -0.115. The number of thioether (sulfide) groups is 1.